The molecule has 1 fully saturated rings. The van der Waals surface area contributed by atoms with Gasteiger partial charge >= 0.3 is 0 Å². The molecular weight excluding hydrogens is 288 g/mol. The van der Waals surface area contributed by atoms with E-state index in [0.29, 0.717) is 24.0 Å². The van der Waals surface area contributed by atoms with E-state index >= 15 is 0 Å². The second-order valence-electron chi connectivity index (χ2n) is 5.94. The number of nitrogens with zero attached hydrogens (tertiary/aromatic N) is 1. The van der Waals surface area contributed by atoms with Gasteiger partial charge in [-0.1, -0.05) is 36.4 Å². The maximum Gasteiger partial charge on any atom is 0.251 e. The Kier molecular flexibility index (Phi) is 4.40. The van der Waals surface area contributed by atoms with Gasteiger partial charge in [-0.25, -0.2) is 0 Å². The lowest BCUT2D eigenvalue weighted by Crippen LogP contribution is -2.41. The summed E-state index contributed by atoms with van der Waals surface area (Å²) in [6.45, 7) is 0. The Bertz CT molecular complexity index is 731. The number of aliphatic hydroxyl groups is 1. The number of rotatable bonds is 4. The lowest BCUT2D eigenvalue weighted by atomic mass is 9.75. The van der Waals surface area contributed by atoms with E-state index in [1.54, 1.807) is 24.3 Å². The Labute approximate surface area is 135 Å². The molecule has 116 valence electrons. The Morgan fingerprint density at radius 3 is 2.57 bits per heavy atom. The van der Waals surface area contributed by atoms with E-state index in [0.717, 1.165) is 5.56 Å². The van der Waals surface area contributed by atoms with E-state index in [1.807, 2.05) is 36.4 Å². The molecule has 1 unspecified atom stereocenters. The Morgan fingerprint density at radius 1 is 1.17 bits per heavy atom. The van der Waals surface area contributed by atoms with Gasteiger partial charge in [0.2, 0.25) is 0 Å². The molecule has 3 rings (SSSR count). The fourth-order valence-electron chi connectivity index (χ4n) is 2.99. The van der Waals surface area contributed by atoms with Crippen molar-refractivity contribution in [1.29, 1.82) is 5.26 Å². The first-order valence-corrected chi connectivity index (χ1v) is 7.71. The van der Waals surface area contributed by atoms with Crippen LogP contribution in [0.3, 0.4) is 0 Å². The van der Waals surface area contributed by atoms with E-state index in [4.69, 9.17) is 5.26 Å². The van der Waals surface area contributed by atoms with E-state index in [-0.39, 0.29) is 24.0 Å². The number of aliphatic hydroxyl groups excluding tert-OH is 1. The molecule has 4 heteroatoms. The van der Waals surface area contributed by atoms with Gasteiger partial charge in [0.1, 0.15) is 0 Å². The highest BCUT2D eigenvalue weighted by atomic mass is 16.3. The number of carbonyl (C=O) groups is 1. The molecule has 1 aliphatic rings. The number of benzene rings is 2. The van der Waals surface area contributed by atoms with Crippen molar-refractivity contribution in [3.05, 3.63) is 71.3 Å². The SMILES string of the molecule is N#Cc1cccc(C(=O)NC(c2ccccc2)C2CC(O)C2)c1. The maximum absolute atomic E-state index is 12.5. The lowest BCUT2D eigenvalue weighted by molar-refractivity contribution is 0.0235. The highest BCUT2D eigenvalue weighted by Gasteiger charge is 2.35. The van der Waals surface area contributed by atoms with Crippen molar-refractivity contribution in [3.63, 3.8) is 0 Å². The number of hydrogen-bond donors (Lipinski definition) is 2. The predicted octanol–water partition coefficient (Wildman–Crippen LogP) is 2.80. The lowest BCUT2D eigenvalue weighted by Gasteiger charge is -2.38. The third-order valence-corrected chi connectivity index (χ3v) is 4.32. The molecule has 1 aliphatic carbocycles. The van der Waals surface area contributed by atoms with Crippen LogP contribution in [0.1, 0.15) is 40.4 Å². The number of amides is 1. The van der Waals surface area contributed by atoms with Gasteiger partial charge in [-0.15, -0.1) is 0 Å². The van der Waals surface area contributed by atoms with Crippen LogP contribution in [0, 0.1) is 17.2 Å². The van der Waals surface area contributed by atoms with Gasteiger partial charge < -0.3 is 10.4 Å². The van der Waals surface area contributed by atoms with Gasteiger partial charge in [0.15, 0.2) is 0 Å². The highest BCUT2D eigenvalue weighted by Crippen LogP contribution is 2.38. The summed E-state index contributed by atoms with van der Waals surface area (Å²) in [6, 6.07) is 18.4. The minimum atomic E-state index is -0.273. The molecule has 0 aromatic heterocycles. The minimum Gasteiger partial charge on any atom is -0.393 e. The van der Waals surface area contributed by atoms with Crippen LogP contribution in [0.4, 0.5) is 0 Å². The number of hydrogen-bond acceptors (Lipinski definition) is 3. The first kappa shape index (κ1) is 15.3. The van der Waals surface area contributed by atoms with Crippen LogP contribution < -0.4 is 5.32 Å². The second-order valence-corrected chi connectivity index (χ2v) is 5.94. The summed E-state index contributed by atoms with van der Waals surface area (Å²) in [5.74, 6) is 0.0350. The summed E-state index contributed by atoms with van der Waals surface area (Å²) in [5, 5.41) is 21.6. The minimum absolute atomic E-state index is 0.127. The first-order valence-electron chi connectivity index (χ1n) is 7.71. The van der Waals surface area contributed by atoms with Crippen LogP contribution in [0.25, 0.3) is 0 Å². The van der Waals surface area contributed by atoms with E-state index in [2.05, 4.69) is 5.32 Å². The molecule has 0 saturated heterocycles. The van der Waals surface area contributed by atoms with Gasteiger partial charge in [-0.3, -0.25) is 4.79 Å². The normalized spacial score (nSPS) is 20.9. The number of carbonyl (C=O) groups excluding carboxylic acids is 1. The summed E-state index contributed by atoms with van der Waals surface area (Å²) >= 11 is 0. The van der Waals surface area contributed by atoms with E-state index in [1.165, 1.54) is 0 Å². The maximum atomic E-state index is 12.5. The van der Waals surface area contributed by atoms with Gasteiger partial charge in [0.25, 0.3) is 5.91 Å². The molecule has 1 amide bonds. The molecule has 2 aromatic carbocycles. The third kappa shape index (κ3) is 3.41. The van der Waals surface area contributed by atoms with Crippen LogP contribution in [-0.4, -0.2) is 17.1 Å². The summed E-state index contributed by atoms with van der Waals surface area (Å²) in [5.41, 5.74) is 1.98. The Morgan fingerprint density at radius 2 is 1.91 bits per heavy atom. The number of nitrogens with one attached hydrogen (secondary N) is 1. The average molecular weight is 306 g/mol. The highest BCUT2D eigenvalue weighted by molar-refractivity contribution is 5.94. The Balaban J connectivity index is 1.81. The van der Waals surface area contributed by atoms with Crippen molar-refractivity contribution in [3.8, 4) is 6.07 Å². The fraction of sp³-hybridized carbons (Fsp3) is 0.263. The zero-order chi connectivity index (χ0) is 16.2. The van der Waals surface area contributed by atoms with Crippen LogP contribution in [0.5, 0.6) is 0 Å². The molecule has 0 radical (unpaired) electrons. The summed E-state index contributed by atoms with van der Waals surface area (Å²) < 4.78 is 0. The quantitative estimate of drug-likeness (QED) is 0.912. The topological polar surface area (TPSA) is 73.1 Å². The zero-order valence-corrected chi connectivity index (χ0v) is 12.6. The molecule has 1 atom stereocenters. The van der Waals surface area contributed by atoms with Crippen LogP contribution in [-0.2, 0) is 0 Å². The molecule has 0 spiro atoms. The molecule has 1 saturated carbocycles. The number of nitriles is 1. The van der Waals surface area contributed by atoms with E-state index < -0.39 is 0 Å². The molecule has 4 nitrogen and oxygen atoms in total. The fourth-order valence-corrected chi connectivity index (χ4v) is 2.99. The smallest absolute Gasteiger partial charge is 0.251 e. The monoisotopic (exact) mass is 306 g/mol. The predicted molar refractivity (Wildman–Crippen MR) is 86.5 cm³/mol. The molecule has 0 bridgehead atoms. The molecule has 23 heavy (non-hydrogen) atoms. The van der Waals surface area contributed by atoms with Crippen molar-refractivity contribution in [1.82, 2.24) is 5.32 Å². The average Bonchev–Trinajstić information content (AvgIpc) is 2.58. The van der Waals surface area contributed by atoms with Crippen molar-refractivity contribution in [2.24, 2.45) is 5.92 Å². The van der Waals surface area contributed by atoms with Crippen LogP contribution >= 0.6 is 0 Å². The van der Waals surface area contributed by atoms with Crippen molar-refractivity contribution >= 4 is 5.91 Å². The van der Waals surface area contributed by atoms with Gasteiger partial charge in [0, 0.05) is 5.56 Å². The van der Waals surface area contributed by atoms with E-state index in [9.17, 15) is 9.90 Å². The van der Waals surface area contributed by atoms with Crippen molar-refractivity contribution in [2.45, 2.75) is 25.0 Å². The first-order chi connectivity index (χ1) is 11.2. The molecule has 2 N–H and O–H groups in total. The van der Waals surface area contributed by atoms with Gasteiger partial charge in [0.05, 0.1) is 23.8 Å². The molecule has 0 heterocycles. The van der Waals surface area contributed by atoms with Crippen LogP contribution in [0.2, 0.25) is 0 Å². The largest absolute Gasteiger partial charge is 0.393 e. The van der Waals surface area contributed by atoms with Gasteiger partial charge in [-0.2, -0.15) is 5.26 Å². The standard InChI is InChI=1S/C19H18N2O2/c20-12-13-5-4-8-15(9-13)19(23)21-18(16-10-17(22)11-16)14-6-2-1-3-7-14/h1-9,16-18,22H,10-11H2,(H,21,23). The zero-order valence-electron chi connectivity index (χ0n) is 12.6. The van der Waals surface area contributed by atoms with Crippen molar-refractivity contribution in [2.75, 3.05) is 0 Å². The third-order valence-electron chi connectivity index (χ3n) is 4.32. The molecular formula is C19H18N2O2. The van der Waals surface area contributed by atoms with Crippen molar-refractivity contribution < 1.29 is 9.90 Å². The second kappa shape index (κ2) is 6.64. The summed E-state index contributed by atoms with van der Waals surface area (Å²) in [6.07, 6.45) is 1.11. The van der Waals surface area contributed by atoms with Crippen LogP contribution in [0.15, 0.2) is 54.6 Å². The van der Waals surface area contributed by atoms with Gasteiger partial charge in [-0.05, 0) is 42.5 Å². The molecule has 2 aromatic rings. The summed E-state index contributed by atoms with van der Waals surface area (Å²) in [7, 11) is 0. The Hall–Kier alpha value is -2.64. The summed E-state index contributed by atoms with van der Waals surface area (Å²) in [4.78, 5) is 12.5. The molecule has 0 aliphatic heterocycles.